The highest BCUT2D eigenvalue weighted by atomic mass is 16.5. The maximum Gasteiger partial charge on any atom is 0.308 e. The quantitative estimate of drug-likeness (QED) is 0.798. The van der Waals surface area contributed by atoms with Gasteiger partial charge < -0.3 is 15.2 Å². The molecule has 0 aromatic carbocycles. The van der Waals surface area contributed by atoms with E-state index in [0.29, 0.717) is 17.9 Å². The van der Waals surface area contributed by atoms with Crippen molar-refractivity contribution in [3.05, 3.63) is 0 Å². The van der Waals surface area contributed by atoms with E-state index in [-0.39, 0.29) is 18.1 Å². The molecule has 21 heavy (non-hydrogen) atoms. The number of aliphatic carboxylic acids is 1. The highest BCUT2D eigenvalue weighted by molar-refractivity contribution is 5.72. The van der Waals surface area contributed by atoms with Gasteiger partial charge in [-0.3, -0.25) is 9.69 Å². The summed E-state index contributed by atoms with van der Waals surface area (Å²) in [6.45, 7) is 7.94. The van der Waals surface area contributed by atoms with Crippen LogP contribution in [0, 0.1) is 17.8 Å². The lowest BCUT2D eigenvalue weighted by atomic mass is 9.84. The van der Waals surface area contributed by atoms with E-state index in [1.165, 1.54) is 6.42 Å². The van der Waals surface area contributed by atoms with Crippen LogP contribution in [0.2, 0.25) is 0 Å². The fraction of sp³-hybridized carbons (Fsp3) is 0.938. The minimum absolute atomic E-state index is 0.152. The molecule has 120 valence electrons. The zero-order chi connectivity index (χ0) is 15.0. The lowest BCUT2D eigenvalue weighted by molar-refractivity contribution is -0.144. The van der Waals surface area contributed by atoms with E-state index in [1.54, 1.807) is 0 Å². The van der Waals surface area contributed by atoms with Crippen molar-refractivity contribution in [1.29, 1.82) is 0 Å². The van der Waals surface area contributed by atoms with Gasteiger partial charge in [0.15, 0.2) is 0 Å². The second-order valence-corrected chi connectivity index (χ2v) is 7.21. The van der Waals surface area contributed by atoms with Crippen LogP contribution in [0.3, 0.4) is 0 Å². The Labute approximate surface area is 127 Å². The molecule has 0 radical (unpaired) electrons. The van der Waals surface area contributed by atoms with Crippen LogP contribution < -0.4 is 5.32 Å². The summed E-state index contributed by atoms with van der Waals surface area (Å²) in [6.07, 6.45) is 3.57. The average Bonchev–Trinajstić information content (AvgIpc) is 3.05. The van der Waals surface area contributed by atoms with E-state index < -0.39 is 5.97 Å². The van der Waals surface area contributed by atoms with Crippen LogP contribution in [-0.4, -0.2) is 60.4 Å². The number of hydrogen-bond donors (Lipinski definition) is 2. The summed E-state index contributed by atoms with van der Waals surface area (Å²) < 4.78 is 5.84. The third kappa shape index (κ3) is 3.10. The molecule has 5 nitrogen and oxygen atoms in total. The fourth-order valence-corrected chi connectivity index (χ4v) is 4.54. The van der Waals surface area contributed by atoms with Crippen molar-refractivity contribution in [2.45, 2.75) is 51.3 Å². The smallest absolute Gasteiger partial charge is 0.308 e. The molecule has 1 saturated heterocycles. The Bertz CT molecular complexity index is 388. The first kappa shape index (κ1) is 15.3. The van der Waals surface area contributed by atoms with Crippen LogP contribution in [-0.2, 0) is 9.53 Å². The Morgan fingerprint density at radius 3 is 2.86 bits per heavy atom. The largest absolute Gasteiger partial charge is 0.481 e. The zero-order valence-electron chi connectivity index (χ0n) is 13.1. The Kier molecular flexibility index (Phi) is 4.52. The van der Waals surface area contributed by atoms with E-state index in [9.17, 15) is 9.90 Å². The highest BCUT2D eigenvalue weighted by Crippen LogP contribution is 2.48. The molecule has 3 fully saturated rings. The standard InChI is InChI=1S/C16H28N2O3/c1-10(2)18-5-6-21-13(9-18)8-17-15-12-4-3-11(7-12)14(15)16(19)20/h10-15,17H,3-9H2,1-2H3,(H,19,20). The van der Waals surface area contributed by atoms with Gasteiger partial charge in [0, 0.05) is 31.7 Å². The molecule has 1 aliphatic heterocycles. The molecule has 2 aliphatic carbocycles. The predicted molar refractivity (Wildman–Crippen MR) is 80.2 cm³/mol. The Morgan fingerprint density at radius 2 is 2.14 bits per heavy atom. The summed E-state index contributed by atoms with van der Waals surface area (Å²) in [6, 6.07) is 0.699. The van der Waals surface area contributed by atoms with Gasteiger partial charge in [0.2, 0.25) is 0 Å². The molecule has 5 heteroatoms. The van der Waals surface area contributed by atoms with Gasteiger partial charge >= 0.3 is 5.97 Å². The van der Waals surface area contributed by atoms with Crippen LogP contribution in [0.15, 0.2) is 0 Å². The number of hydrogen-bond acceptors (Lipinski definition) is 4. The lowest BCUT2D eigenvalue weighted by Gasteiger charge is -2.37. The van der Waals surface area contributed by atoms with Crippen molar-refractivity contribution < 1.29 is 14.6 Å². The molecule has 0 aromatic heterocycles. The number of nitrogens with one attached hydrogen (secondary N) is 1. The summed E-state index contributed by atoms with van der Waals surface area (Å²) >= 11 is 0. The van der Waals surface area contributed by atoms with Gasteiger partial charge in [-0.25, -0.2) is 0 Å². The van der Waals surface area contributed by atoms with Crippen molar-refractivity contribution >= 4 is 5.97 Å². The van der Waals surface area contributed by atoms with E-state index in [1.807, 2.05) is 0 Å². The molecular weight excluding hydrogens is 268 g/mol. The zero-order valence-corrected chi connectivity index (χ0v) is 13.1. The molecule has 5 atom stereocenters. The molecule has 3 rings (SSSR count). The van der Waals surface area contributed by atoms with Gasteiger partial charge in [0.25, 0.3) is 0 Å². The van der Waals surface area contributed by atoms with Gasteiger partial charge in [-0.15, -0.1) is 0 Å². The number of carboxylic acids is 1. The van der Waals surface area contributed by atoms with Gasteiger partial charge in [-0.1, -0.05) is 0 Å². The summed E-state index contributed by atoms with van der Waals surface area (Å²) in [5.41, 5.74) is 0. The average molecular weight is 296 g/mol. The minimum Gasteiger partial charge on any atom is -0.481 e. The fourth-order valence-electron chi connectivity index (χ4n) is 4.54. The summed E-state index contributed by atoms with van der Waals surface area (Å²) in [4.78, 5) is 14.0. The molecule has 2 bridgehead atoms. The van der Waals surface area contributed by atoms with Crippen LogP contribution in [0.4, 0.5) is 0 Å². The van der Waals surface area contributed by atoms with Gasteiger partial charge in [-0.2, -0.15) is 0 Å². The number of carbonyl (C=O) groups is 1. The molecular formula is C16H28N2O3. The van der Waals surface area contributed by atoms with Gasteiger partial charge in [0.1, 0.15) is 0 Å². The van der Waals surface area contributed by atoms with Crippen LogP contribution in [0.5, 0.6) is 0 Å². The predicted octanol–water partition coefficient (Wildman–Crippen LogP) is 1.18. The van der Waals surface area contributed by atoms with E-state index in [2.05, 4.69) is 24.1 Å². The van der Waals surface area contributed by atoms with E-state index in [4.69, 9.17) is 4.74 Å². The molecule has 3 aliphatic rings. The molecule has 5 unspecified atom stereocenters. The van der Waals surface area contributed by atoms with Crippen molar-refractivity contribution in [2.24, 2.45) is 17.8 Å². The molecule has 1 heterocycles. The van der Waals surface area contributed by atoms with E-state index in [0.717, 1.165) is 39.1 Å². The van der Waals surface area contributed by atoms with Crippen LogP contribution >= 0.6 is 0 Å². The van der Waals surface area contributed by atoms with Crippen LogP contribution in [0.1, 0.15) is 33.1 Å². The maximum absolute atomic E-state index is 11.5. The first-order chi connectivity index (χ1) is 10.1. The topological polar surface area (TPSA) is 61.8 Å². The monoisotopic (exact) mass is 296 g/mol. The Hall–Kier alpha value is -0.650. The third-order valence-corrected chi connectivity index (χ3v) is 5.68. The van der Waals surface area contributed by atoms with Crippen LogP contribution in [0.25, 0.3) is 0 Å². The van der Waals surface area contributed by atoms with Crippen molar-refractivity contribution in [2.75, 3.05) is 26.2 Å². The number of rotatable bonds is 5. The summed E-state index contributed by atoms with van der Waals surface area (Å²) in [5, 5.41) is 13.0. The number of morpholine rings is 1. The molecule has 2 saturated carbocycles. The van der Waals surface area contributed by atoms with Gasteiger partial charge in [0.05, 0.1) is 18.6 Å². The highest BCUT2D eigenvalue weighted by Gasteiger charge is 2.50. The van der Waals surface area contributed by atoms with Gasteiger partial charge in [-0.05, 0) is 44.9 Å². The van der Waals surface area contributed by atoms with Crippen molar-refractivity contribution in [3.63, 3.8) is 0 Å². The number of carboxylic acid groups (broad SMARTS) is 1. The first-order valence-corrected chi connectivity index (χ1v) is 8.38. The Morgan fingerprint density at radius 1 is 1.38 bits per heavy atom. The first-order valence-electron chi connectivity index (χ1n) is 8.38. The summed E-state index contributed by atoms with van der Waals surface area (Å²) in [7, 11) is 0. The second-order valence-electron chi connectivity index (χ2n) is 7.21. The molecule has 0 amide bonds. The lowest BCUT2D eigenvalue weighted by Crippen LogP contribution is -2.52. The molecule has 0 aromatic rings. The number of fused-ring (bicyclic) bond motifs is 2. The Balaban J connectivity index is 1.53. The third-order valence-electron chi connectivity index (χ3n) is 5.68. The maximum atomic E-state index is 11.5. The molecule has 2 N–H and O–H groups in total. The summed E-state index contributed by atoms with van der Waals surface area (Å²) in [5.74, 6) is 0.145. The second kappa shape index (κ2) is 6.23. The minimum atomic E-state index is -0.618. The SMILES string of the molecule is CC(C)N1CCOC(CNC2C3CCC(C3)C2C(=O)O)C1. The number of nitrogens with zero attached hydrogens (tertiary/aromatic N) is 1. The van der Waals surface area contributed by atoms with E-state index >= 15 is 0 Å². The normalized spacial score (nSPS) is 40.0. The van der Waals surface area contributed by atoms with Crippen molar-refractivity contribution in [3.8, 4) is 0 Å². The number of ether oxygens (including phenoxy) is 1. The van der Waals surface area contributed by atoms with Crippen molar-refractivity contribution in [1.82, 2.24) is 10.2 Å². The molecule has 0 spiro atoms.